The third-order valence-corrected chi connectivity index (χ3v) is 9.38. The molecule has 0 atom stereocenters. The molecule has 0 aromatic heterocycles. The molecule has 1 saturated carbocycles. The van der Waals surface area contributed by atoms with Gasteiger partial charge in [-0.15, -0.1) is 0 Å². The Morgan fingerprint density at radius 1 is 0.957 bits per heavy atom. The molecule has 0 bridgehead atoms. The lowest BCUT2D eigenvalue weighted by Gasteiger charge is -2.39. The molecule has 2 fully saturated rings. The molecule has 128 valence electrons. The fourth-order valence-corrected chi connectivity index (χ4v) is 7.53. The SMILES string of the molecule is Cc1cccc(S(=O)(=O)N2CC(S(=O)(=O)C3CCCCC3)C2)c1. The van der Waals surface area contributed by atoms with Crippen LogP contribution in [0.4, 0.5) is 0 Å². The first-order chi connectivity index (χ1) is 10.8. The van der Waals surface area contributed by atoms with Crippen LogP contribution in [-0.2, 0) is 19.9 Å². The Morgan fingerprint density at radius 2 is 1.61 bits per heavy atom. The van der Waals surface area contributed by atoms with E-state index in [4.69, 9.17) is 0 Å². The van der Waals surface area contributed by atoms with E-state index in [-0.39, 0.29) is 23.2 Å². The fraction of sp³-hybridized carbons (Fsp3) is 0.625. The van der Waals surface area contributed by atoms with Crippen LogP contribution in [-0.4, -0.2) is 44.7 Å². The minimum absolute atomic E-state index is 0.0924. The van der Waals surface area contributed by atoms with Crippen LogP contribution in [0.25, 0.3) is 0 Å². The van der Waals surface area contributed by atoms with Crippen LogP contribution in [0.3, 0.4) is 0 Å². The first-order valence-electron chi connectivity index (χ1n) is 8.11. The van der Waals surface area contributed by atoms with Crippen molar-refractivity contribution in [2.45, 2.75) is 54.4 Å². The second kappa shape index (κ2) is 6.18. The molecule has 2 aliphatic rings. The number of benzene rings is 1. The zero-order valence-corrected chi connectivity index (χ0v) is 14.9. The average molecular weight is 357 g/mol. The summed E-state index contributed by atoms with van der Waals surface area (Å²) in [7, 11) is -6.79. The highest BCUT2D eigenvalue weighted by molar-refractivity contribution is 7.93. The predicted molar refractivity (Wildman–Crippen MR) is 89.5 cm³/mol. The lowest BCUT2D eigenvalue weighted by molar-refractivity contribution is 0.306. The zero-order valence-electron chi connectivity index (χ0n) is 13.3. The van der Waals surface area contributed by atoms with Crippen molar-refractivity contribution in [2.75, 3.05) is 13.1 Å². The number of rotatable bonds is 4. The van der Waals surface area contributed by atoms with Crippen LogP contribution in [0.5, 0.6) is 0 Å². The summed E-state index contributed by atoms with van der Waals surface area (Å²) < 4.78 is 51.6. The molecule has 23 heavy (non-hydrogen) atoms. The second-order valence-electron chi connectivity index (χ2n) is 6.61. The summed E-state index contributed by atoms with van der Waals surface area (Å²) in [5.41, 5.74) is 0.873. The van der Waals surface area contributed by atoms with Crippen LogP contribution < -0.4 is 0 Å². The number of nitrogens with zero attached hydrogens (tertiary/aromatic N) is 1. The summed E-state index contributed by atoms with van der Waals surface area (Å²) in [4.78, 5) is 0.242. The molecular weight excluding hydrogens is 334 g/mol. The molecular formula is C16H23NO4S2. The Labute approximate surface area is 138 Å². The van der Waals surface area contributed by atoms with Crippen molar-refractivity contribution in [3.8, 4) is 0 Å². The second-order valence-corrected chi connectivity index (χ2v) is 11.1. The van der Waals surface area contributed by atoms with Crippen LogP contribution in [0, 0.1) is 6.92 Å². The van der Waals surface area contributed by atoms with Gasteiger partial charge in [-0.1, -0.05) is 31.4 Å². The van der Waals surface area contributed by atoms with Crippen LogP contribution in [0.1, 0.15) is 37.7 Å². The maximum absolute atomic E-state index is 12.6. The van der Waals surface area contributed by atoms with Crippen molar-refractivity contribution in [2.24, 2.45) is 0 Å². The molecule has 1 aromatic rings. The van der Waals surface area contributed by atoms with Gasteiger partial charge in [-0.05, 0) is 37.5 Å². The van der Waals surface area contributed by atoms with E-state index in [2.05, 4.69) is 0 Å². The molecule has 0 unspecified atom stereocenters. The summed E-state index contributed by atoms with van der Waals surface area (Å²) in [5, 5.41) is -0.810. The quantitative estimate of drug-likeness (QED) is 0.827. The van der Waals surface area contributed by atoms with E-state index in [1.165, 1.54) is 4.31 Å². The Bertz CT molecular complexity index is 774. The van der Waals surface area contributed by atoms with Gasteiger partial charge in [0.2, 0.25) is 10.0 Å². The first kappa shape index (κ1) is 16.9. The first-order valence-corrected chi connectivity index (χ1v) is 11.2. The lowest BCUT2D eigenvalue weighted by atomic mass is 10.0. The fourth-order valence-electron chi connectivity index (χ4n) is 3.40. The van der Waals surface area contributed by atoms with Crippen LogP contribution in [0.15, 0.2) is 29.2 Å². The van der Waals surface area contributed by atoms with Crippen LogP contribution >= 0.6 is 0 Å². The summed E-state index contributed by atoms with van der Waals surface area (Å²) in [6.45, 7) is 2.02. The monoisotopic (exact) mass is 357 g/mol. The number of sulfone groups is 1. The molecule has 7 heteroatoms. The molecule has 3 rings (SSSR count). The van der Waals surface area contributed by atoms with Crippen LogP contribution in [0.2, 0.25) is 0 Å². The van der Waals surface area contributed by atoms with Crippen molar-refractivity contribution < 1.29 is 16.8 Å². The average Bonchev–Trinajstić information content (AvgIpc) is 2.46. The molecule has 0 amide bonds. The highest BCUT2D eigenvalue weighted by Crippen LogP contribution is 2.32. The normalized spacial score (nSPS) is 22.0. The van der Waals surface area contributed by atoms with Crippen molar-refractivity contribution in [3.05, 3.63) is 29.8 Å². The van der Waals surface area contributed by atoms with Crippen molar-refractivity contribution in [3.63, 3.8) is 0 Å². The topological polar surface area (TPSA) is 71.5 Å². The van der Waals surface area contributed by atoms with Crippen molar-refractivity contribution >= 4 is 19.9 Å². The molecule has 1 aromatic carbocycles. The Balaban J connectivity index is 1.71. The third kappa shape index (κ3) is 3.19. The lowest BCUT2D eigenvalue weighted by Crippen LogP contribution is -2.58. The Hall–Kier alpha value is -0.920. The molecule has 1 heterocycles. The van der Waals surface area contributed by atoms with Gasteiger partial charge in [0.15, 0.2) is 9.84 Å². The summed E-state index contributed by atoms with van der Waals surface area (Å²) in [5.74, 6) is 0. The predicted octanol–water partition coefficient (Wildman–Crippen LogP) is 2.12. The largest absolute Gasteiger partial charge is 0.243 e. The van der Waals surface area contributed by atoms with E-state index >= 15 is 0 Å². The number of hydrogen-bond donors (Lipinski definition) is 0. The summed E-state index contributed by atoms with van der Waals surface area (Å²) in [6.07, 6.45) is 4.47. The van der Waals surface area contributed by atoms with E-state index in [1.54, 1.807) is 18.2 Å². The maximum Gasteiger partial charge on any atom is 0.243 e. The highest BCUT2D eigenvalue weighted by atomic mass is 32.2. The van der Waals surface area contributed by atoms with Gasteiger partial charge in [-0.25, -0.2) is 16.8 Å². The maximum atomic E-state index is 12.6. The smallest absolute Gasteiger partial charge is 0.228 e. The van der Waals surface area contributed by atoms with Gasteiger partial charge in [-0.3, -0.25) is 0 Å². The standard InChI is InChI=1S/C16H23NO4S2/c1-13-6-5-9-15(10-13)23(20,21)17-11-16(12-17)22(18,19)14-7-3-2-4-8-14/h5-6,9-10,14,16H,2-4,7-8,11-12H2,1H3. The third-order valence-electron chi connectivity index (χ3n) is 4.92. The molecule has 0 N–H and O–H groups in total. The van der Waals surface area contributed by atoms with Gasteiger partial charge in [0.25, 0.3) is 0 Å². The molecule has 1 aliphatic heterocycles. The minimum Gasteiger partial charge on any atom is -0.228 e. The number of hydrogen-bond acceptors (Lipinski definition) is 4. The van der Waals surface area contributed by atoms with Gasteiger partial charge in [0.05, 0.1) is 15.4 Å². The Morgan fingerprint density at radius 3 is 2.22 bits per heavy atom. The Kier molecular flexibility index (Phi) is 4.55. The number of aryl methyl sites for hydroxylation is 1. The van der Waals surface area contributed by atoms with Gasteiger partial charge >= 0.3 is 0 Å². The van der Waals surface area contributed by atoms with Crippen molar-refractivity contribution in [1.29, 1.82) is 0 Å². The van der Waals surface area contributed by atoms with Gasteiger partial charge < -0.3 is 0 Å². The molecule has 1 aliphatic carbocycles. The van der Waals surface area contributed by atoms with Gasteiger partial charge in [0, 0.05) is 13.1 Å². The van der Waals surface area contributed by atoms with E-state index in [9.17, 15) is 16.8 Å². The minimum atomic E-state index is -3.58. The molecule has 1 saturated heterocycles. The molecule has 0 radical (unpaired) electrons. The highest BCUT2D eigenvalue weighted by Gasteiger charge is 2.46. The van der Waals surface area contributed by atoms with Gasteiger partial charge in [-0.2, -0.15) is 4.31 Å². The van der Waals surface area contributed by atoms with E-state index in [0.29, 0.717) is 0 Å². The summed E-state index contributed by atoms with van der Waals surface area (Å²) >= 11 is 0. The van der Waals surface area contributed by atoms with Gasteiger partial charge in [0.1, 0.15) is 0 Å². The zero-order chi connectivity index (χ0) is 16.7. The molecule has 5 nitrogen and oxygen atoms in total. The van der Waals surface area contributed by atoms with Crippen molar-refractivity contribution in [1.82, 2.24) is 4.31 Å². The van der Waals surface area contributed by atoms with E-state index in [0.717, 1.165) is 37.7 Å². The summed E-state index contributed by atoms with van der Waals surface area (Å²) in [6, 6.07) is 6.73. The van der Waals surface area contributed by atoms with E-state index in [1.807, 2.05) is 13.0 Å². The number of sulfonamides is 1. The van der Waals surface area contributed by atoms with E-state index < -0.39 is 25.1 Å². The molecule has 0 spiro atoms.